The van der Waals surface area contributed by atoms with E-state index in [2.05, 4.69) is 40.8 Å². The van der Waals surface area contributed by atoms with Gasteiger partial charge in [0.25, 0.3) is 0 Å². The van der Waals surface area contributed by atoms with Crippen LogP contribution in [0.3, 0.4) is 0 Å². The number of nitrogens with one attached hydrogen (secondary N) is 4. The highest BCUT2D eigenvalue weighted by Gasteiger charge is 2.02. The molecule has 6 heteroatoms. The number of carbonyl (C=O) groups excluding carboxylic acids is 1. The van der Waals surface area contributed by atoms with Gasteiger partial charge in [-0.15, -0.1) is 0 Å². The Labute approximate surface area is 158 Å². The molecule has 1 aliphatic rings. The number of rotatable bonds is 14. The molecular weight excluding hydrogens is 326 g/mol. The third kappa shape index (κ3) is 10.5. The van der Waals surface area contributed by atoms with Gasteiger partial charge < -0.3 is 27.0 Å². The maximum Gasteiger partial charge on any atom is 0.239 e. The summed E-state index contributed by atoms with van der Waals surface area (Å²) in [5.41, 5.74) is 9.21. The lowest BCUT2D eigenvalue weighted by Gasteiger charge is -2.07. The van der Waals surface area contributed by atoms with Crippen LogP contribution >= 0.6 is 0 Å². The summed E-state index contributed by atoms with van der Waals surface area (Å²) in [5, 5.41) is 12.3. The van der Waals surface area contributed by atoms with Crippen molar-refractivity contribution >= 4 is 5.91 Å². The van der Waals surface area contributed by atoms with Crippen molar-refractivity contribution in [3.63, 3.8) is 0 Å². The summed E-state index contributed by atoms with van der Waals surface area (Å²) in [5.74, 6) is -0.0279. The molecule has 1 rings (SSSR count). The molecule has 6 nitrogen and oxygen atoms in total. The summed E-state index contributed by atoms with van der Waals surface area (Å²) in [4.78, 5) is 11.8. The summed E-state index contributed by atoms with van der Waals surface area (Å²) >= 11 is 0. The topological polar surface area (TPSA) is 91.2 Å². The van der Waals surface area contributed by atoms with Gasteiger partial charge in [0.15, 0.2) is 0 Å². The molecule has 1 heterocycles. The van der Waals surface area contributed by atoms with Crippen molar-refractivity contribution in [2.45, 2.75) is 51.9 Å². The van der Waals surface area contributed by atoms with Crippen LogP contribution in [-0.2, 0) is 4.79 Å². The second kappa shape index (κ2) is 13.9. The minimum atomic E-state index is -0.0279. The van der Waals surface area contributed by atoms with Crippen molar-refractivity contribution in [3.8, 4) is 0 Å². The van der Waals surface area contributed by atoms with E-state index in [1.807, 2.05) is 12.3 Å². The van der Waals surface area contributed by atoms with Crippen LogP contribution in [0.15, 0.2) is 48.1 Å². The number of hydrogen-bond acceptors (Lipinski definition) is 5. The SMILES string of the molecule is C=C/C(=C\CC)CCNC(=O)CN/C=C(\N)CCCCCC1=CNCN1. The van der Waals surface area contributed by atoms with Crippen LogP contribution in [0, 0.1) is 0 Å². The summed E-state index contributed by atoms with van der Waals surface area (Å²) < 4.78 is 0. The monoisotopic (exact) mass is 361 g/mol. The molecule has 0 bridgehead atoms. The first kappa shape index (κ1) is 21.7. The van der Waals surface area contributed by atoms with Crippen molar-refractivity contribution in [3.05, 3.63) is 48.1 Å². The Morgan fingerprint density at radius 3 is 2.88 bits per heavy atom. The minimum absolute atomic E-state index is 0.0279. The summed E-state index contributed by atoms with van der Waals surface area (Å²) in [7, 11) is 0. The van der Waals surface area contributed by atoms with Crippen molar-refractivity contribution in [1.29, 1.82) is 0 Å². The Balaban J connectivity index is 2.03. The highest BCUT2D eigenvalue weighted by molar-refractivity contribution is 5.78. The fraction of sp³-hybridized carbons (Fsp3) is 0.550. The summed E-state index contributed by atoms with van der Waals surface area (Å²) in [6, 6.07) is 0. The van der Waals surface area contributed by atoms with Crippen LogP contribution in [0.1, 0.15) is 51.9 Å². The maximum absolute atomic E-state index is 11.8. The third-order valence-corrected chi connectivity index (χ3v) is 4.12. The maximum atomic E-state index is 11.8. The first-order valence-electron chi connectivity index (χ1n) is 9.58. The van der Waals surface area contributed by atoms with Crippen LogP contribution in [0.5, 0.6) is 0 Å². The van der Waals surface area contributed by atoms with Gasteiger partial charge in [-0.25, -0.2) is 0 Å². The number of unbranched alkanes of at least 4 members (excludes halogenated alkanes) is 2. The quantitative estimate of drug-likeness (QED) is 0.242. The molecule has 1 amide bonds. The van der Waals surface area contributed by atoms with Gasteiger partial charge in [-0.1, -0.05) is 37.6 Å². The van der Waals surface area contributed by atoms with Crippen molar-refractivity contribution in [2.75, 3.05) is 19.8 Å². The lowest BCUT2D eigenvalue weighted by atomic mass is 10.1. The van der Waals surface area contributed by atoms with Gasteiger partial charge in [0.2, 0.25) is 5.91 Å². The minimum Gasteiger partial charge on any atom is -0.401 e. The lowest BCUT2D eigenvalue weighted by molar-refractivity contribution is -0.120. The first-order valence-corrected chi connectivity index (χ1v) is 9.58. The van der Waals surface area contributed by atoms with Crippen LogP contribution < -0.4 is 27.0 Å². The van der Waals surface area contributed by atoms with E-state index in [-0.39, 0.29) is 12.5 Å². The molecule has 0 radical (unpaired) electrons. The highest BCUT2D eigenvalue weighted by atomic mass is 16.1. The number of nitrogens with two attached hydrogens (primary N) is 1. The Morgan fingerprint density at radius 1 is 1.35 bits per heavy atom. The molecule has 1 aliphatic heterocycles. The molecule has 0 atom stereocenters. The normalized spacial score (nSPS) is 14.3. The van der Waals surface area contributed by atoms with Gasteiger partial charge in [0, 0.05) is 30.3 Å². The second-order valence-corrected chi connectivity index (χ2v) is 6.38. The number of hydrogen-bond donors (Lipinski definition) is 5. The molecule has 6 N–H and O–H groups in total. The zero-order chi connectivity index (χ0) is 19.0. The second-order valence-electron chi connectivity index (χ2n) is 6.38. The van der Waals surface area contributed by atoms with E-state index in [0.717, 1.165) is 57.3 Å². The van der Waals surface area contributed by atoms with E-state index in [1.54, 1.807) is 6.20 Å². The molecule has 0 aromatic carbocycles. The standard InChI is InChI=1S/C20H35N5O/c1-3-8-17(4-2)11-12-24-20(26)15-22-13-18(21)9-6-5-7-10-19-14-23-16-25-19/h4,8,13-14,22-23,25H,2-3,5-7,9-12,15-16,21H2,1H3,(H,24,26)/b17-8+,18-13-. The predicted octanol–water partition coefficient (Wildman–Crippen LogP) is 2.35. The van der Waals surface area contributed by atoms with Gasteiger partial charge >= 0.3 is 0 Å². The zero-order valence-electron chi connectivity index (χ0n) is 16.1. The molecular formula is C20H35N5O. The van der Waals surface area contributed by atoms with E-state index in [9.17, 15) is 4.79 Å². The van der Waals surface area contributed by atoms with Crippen molar-refractivity contribution in [2.24, 2.45) is 5.73 Å². The zero-order valence-corrected chi connectivity index (χ0v) is 16.1. The molecule has 0 aromatic rings. The lowest BCUT2D eigenvalue weighted by Crippen LogP contribution is -2.32. The fourth-order valence-electron chi connectivity index (χ4n) is 2.68. The van der Waals surface area contributed by atoms with Gasteiger partial charge in [-0.05, 0) is 38.5 Å². The number of allylic oxidation sites excluding steroid dienone is 4. The number of carbonyl (C=O) groups is 1. The molecule has 0 fully saturated rings. The average molecular weight is 362 g/mol. The van der Waals surface area contributed by atoms with Gasteiger partial charge in [0.1, 0.15) is 0 Å². The first-order chi connectivity index (χ1) is 12.7. The summed E-state index contributed by atoms with van der Waals surface area (Å²) in [6.45, 7) is 7.58. The Bertz CT molecular complexity index is 522. The molecule has 0 spiro atoms. The van der Waals surface area contributed by atoms with Gasteiger partial charge in [0.05, 0.1) is 13.2 Å². The molecule has 0 aromatic heterocycles. The Morgan fingerprint density at radius 2 is 2.19 bits per heavy atom. The smallest absolute Gasteiger partial charge is 0.239 e. The molecule has 0 aliphatic carbocycles. The highest BCUT2D eigenvalue weighted by Crippen LogP contribution is 2.10. The Hall–Kier alpha value is -2.37. The van der Waals surface area contributed by atoms with Gasteiger partial charge in [-0.2, -0.15) is 0 Å². The van der Waals surface area contributed by atoms with E-state index in [1.165, 1.54) is 11.3 Å². The fourth-order valence-corrected chi connectivity index (χ4v) is 2.68. The van der Waals surface area contributed by atoms with Crippen LogP contribution in [0.25, 0.3) is 0 Å². The van der Waals surface area contributed by atoms with E-state index in [0.29, 0.717) is 6.54 Å². The molecule has 146 valence electrons. The van der Waals surface area contributed by atoms with Crippen LogP contribution in [-0.4, -0.2) is 25.7 Å². The predicted molar refractivity (Wildman–Crippen MR) is 109 cm³/mol. The van der Waals surface area contributed by atoms with Crippen LogP contribution in [0.4, 0.5) is 0 Å². The van der Waals surface area contributed by atoms with E-state index < -0.39 is 0 Å². The molecule has 0 unspecified atom stereocenters. The average Bonchev–Trinajstić information content (AvgIpc) is 3.14. The molecule has 26 heavy (non-hydrogen) atoms. The van der Waals surface area contributed by atoms with Crippen molar-refractivity contribution in [1.82, 2.24) is 21.3 Å². The molecule has 0 saturated heterocycles. The van der Waals surface area contributed by atoms with E-state index in [4.69, 9.17) is 5.73 Å². The van der Waals surface area contributed by atoms with Gasteiger partial charge in [-0.3, -0.25) is 4.79 Å². The van der Waals surface area contributed by atoms with Crippen LogP contribution in [0.2, 0.25) is 0 Å². The molecule has 0 saturated carbocycles. The van der Waals surface area contributed by atoms with E-state index >= 15 is 0 Å². The third-order valence-electron chi connectivity index (χ3n) is 4.12. The Kier molecular flexibility index (Phi) is 11.6. The summed E-state index contributed by atoms with van der Waals surface area (Å²) in [6.07, 6.45) is 14.8. The number of amides is 1. The van der Waals surface area contributed by atoms with Crippen molar-refractivity contribution < 1.29 is 4.79 Å². The largest absolute Gasteiger partial charge is 0.401 e.